The molecule has 12 heavy (non-hydrogen) atoms. The van der Waals surface area contributed by atoms with Crippen LogP contribution in [0.2, 0.25) is 0 Å². The minimum absolute atomic E-state index is 0.422. The summed E-state index contributed by atoms with van der Waals surface area (Å²) in [4.78, 5) is 7.84. The summed E-state index contributed by atoms with van der Waals surface area (Å²) >= 11 is 0. The lowest BCUT2D eigenvalue weighted by Crippen LogP contribution is -1.96. The molecule has 0 radical (unpaired) electrons. The zero-order chi connectivity index (χ0) is 9.56. The first-order valence-electron chi connectivity index (χ1n) is 4.27. The van der Waals surface area contributed by atoms with Crippen molar-refractivity contribution in [1.82, 2.24) is 9.97 Å². The second-order valence-electron chi connectivity index (χ2n) is 2.52. The van der Waals surface area contributed by atoms with E-state index in [4.69, 9.17) is 5.73 Å². The van der Waals surface area contributed by atoms with Gasteiger partial charge < -0.3 is 5.73 Å². The van der Waals surface area contributed by atoms with Crippen molar-refractivity contribution < 1.29 is 0 Å². The van der Waals surface area contributed by atoms with Crippen LogP contribution in [-0.4, -0.2) is 9.97 Å². The standard InChI is InChI=1S/C7H11N3.C2H6/c1-5(2)6-3-7(8)10-4-9-6;1-2/h3-5H,1-2H3,(H2,8,9,10);1-2H3. The Labute approximate surface area is 74.0 Å². The molecule has 0 aliphatic rings. The first kappa shape index (κ1) is 10.9. The molecule has 0 fully saturated rings. The molecule has 1 aromatic rings. The van der Waals surface area contributed by atoms with E-state index in [-0.39, 0.29) is 0 Å². The van der Waals surface area contributed by atoms with E-state index >= 15 is 0 Å². The Morgan fingerprint density at radius 1 is 1.25 bits per heavy atom. The number of hydrogen-bond donors (Lipinski definition) is 1. The molecule has 3 heteroatoms. The van der Waals surface area contributed by atoms with E-state index in [2.05, 4.69) is 23.8 Å². The third kappa shape index (κ3) is 3.32. The van der Waals surface area contributed by atoms with Gasteiger partial charge in [-0.05, 0) is 5.92 Å². The molecule has 3 nitrogen and oxygen atoms in total. The van der Waals surface area contributed by atoms with Gasteiger partial charge in [-0.3, -0.25) is 0 Å². The molecule has 0 spiro atoms. The molecule has 0 aliphatic heterocycles. The average molecular weight is 167 g/mol. The Morgan fingerprint density at radius 2 is 1.83 bits per heavy atom. The molecule has 0 aromatic carbocycles. The van der Waals surface area contributed by atoms with Gasteiger partial charge >= 0.3 is 0 Å². The molecule has 68 valence electrons. The van der Waals surface area contributed by atoms with Crippen molar-refractivity contribution in [1.29, 1.82) is 0 Å². The van der Waals surface area contributed by atoms with Crippen molar-refractivity contribution in [3.63, 3.8) is 0 Å². The SMILES string of the molecule is CC.CC(C)c1cc(N)ncn1. The minimum atomic E-state index is 0.422. The number of anilines is 1. The van der Waals surface area contributed by atoms with Crippen LogP contribution in [-0.2, 0) is 0 Å². The first-order chi connectivity index (χ1) is 5.70. The highest BCUT2D eigenvalue weighted by Gasteiger charge is 1.99. The predicted molar refractivity (Wildman–Crippen MR) is 51.9 cm³/mol. The molecule has 1 aromatic heterocycles. The fourth-order valence-corrected chi connectivity index (χ4v) is 0.704. The van der Waals surface area contributed by atoms with Crippen LogP contribution in [0, 0.1) is 0 Å². The number of nitrogen functional groups attached to an aromatic ring is 1. The van der Waals surface area contributed by atoms with Gasteiger partial charge in [0.25, 0.3) is 0 Å². The smallest absolute Gasteiger partial charge is 0.127 e. The summed E-state index contributed by atoms with van der Waals surface area (Å²) in [6.07, 6.45) is 1.49. The van der Waals surface area contributed by atoms with Crippen molar-refractivity contribution >= 4 is 5.82 Å². The van der Waals surface area contributed by atoms with Crippen molar-refractivity contribution in [2.45, 2.75) is 33.6 Å². The van der Waals surface area contributed by atoms with E-state index in [1.54, 1.807) is 6.07 Å². The van der Waals surface area contributed by atoms with E-state index in [1.807, 2.05) is 13.8 Å². The topological polar surface area (TPSA) is 51.8 Å². The number of aromatic nitrogens is 2. The highest BCUT2D eigenvalue weighted by atomic mass is 14.9. The van der Waals surface area contributed by atoms with Crippen molar-refractivity contribution in [2.24, 2.45) is 0 Å². The molecule has 0 bridgehead atoms. The molecule has 0 unspecified atom stereocenters. The lowest BCUT2D eigenvalue weighted by molar-refractivity contribution is 0.815. The predicted octanol–water partition coefficient (Wildman–Crippen LogP) is 2.21. The van der Waals surface area contributed by atoms with Gasteiger partial charge in [0.05, 0.1) is 0 Å². The van der Waals surface area contributed by atoms with E-state index in [1.165, 1.54) is 6.33 Å². The minimum Gasteiger partial charge on any atom is -0.384 e. The molecule has 0 saturated heterocycles. The van der Waals surface area contributed by atoms with Crippen molar-refractivity contribution in [3.05, 3.63) is 18.1 Å². The average Bonchev–Trinajstić information content (AvgIpc) is 2.08. The molecule has 0 atom stereocenters. The van der Waals surface area contributed by atoms with Crippen molar-refractivity contribution in [2.75, 3.05) is 5.73 Å². The van der Waals surface area contributed by atoms with Crippen LogP contribution < -0.4 is 5.73 Å². The lowest BCUT2D eigenvalue weighted by atomic mass is 10.1. The summed E-state index contributed by atoms with van der Waals surface area (Å²) in [7, 11) is 0. The Hall–Kier alpha value is -1.12. The maximum atomic E-state index is 5.45. The molecular weight excluding hydrogens is 150 g/mol. The number of nitrogens with zero attached hydrogens (tertiary/aromatic N) is 2. The van der Waals surface area contributed by atoms with Crippen LogP contribution in [0.25, 0.3) is 0 Å². The molecule has 0 amide bonds. The largest absolute Gasteiger partial charge is 0.384 e. The van der Waals surface area contributed by atoms with Crippen molar-refractivity contribution in [3.8, 4) is 0 Å². The zero-order valence-electron chi connectivity index (χ0n) is 8.20. The third-order valence-electron chi connectivity index (χ3n) is 1.30. The third-order valence-corrected chi connectivity index (χ3v) is 1.30. The first-order valence-corrected chi connectivity index (χ1v) is 4.27. The van der Waals surface area contributed by atoms with Gasteiger partial charge in [-0.1, -0.05) is 27.7 Å². The summed E-state index contributed by atoms with van der Waals surface area (Å²) in [6, 6.07) is 1.80. The summed E-state index contributed by atoms with van der Waals surface area (Å²) in [6.45, 7) is 8.14. The van der Waals surface area contributed by atoms with Gasteiger partial charge in [0.1, 0.15) is 12.1 Å². The van der Waals surface area contributed by atoms with E-state index in [0.717, 1.165) is 5.69 Å². The maximum absolute atomic E-state index is 5.45. The number of nitrogens with two attached hydrogens (primary N) is 1. The monoisotopic (exact) mass is 167 g/mol. The molecule has 2 N–H and O–H groups in total. The molecule has 0 aliphatic carbocycles. The van der Waals surface area contributed by atoms with E-state index < -0.39 is 0 Å². The highest BCUT2D eigenvalue weighted by molar-refractivity contribution is 5.28. The second kappa shape index (κ2) is 5.52. The van der Waals surface area contributed by atoms with Gasteiger partial charge in [-0.2, -0.15) is 0 Å². The quantitative estimate of drug-likeness (QED) is 0.697. The van der Waals surface area contributed by atoms with Crippen LogP contribution in [0.3, 0.4) is 0 Å². The Morgan fingerprint density at radius 3 is 2.17 bits per heavy atom. The van der Waals surface area contributed by atoms with Crippen LogP contribution in [0.5, 0.6) is 0 Å². The van der Waals surface area contributed by atoms with E-state index in [0.29, 0.717) is 11.7 Å². The van der Waals surface area contributed by atoms with Gasteiger partial charge in [-0.15, -0.1) is 0 Å². The van der Waals surface area contributed by atoms with E-state index in [9.17, 15) is 0 Å². The highest BCUT2D eigenvalue weighted by Crippen LogP contribution is 2.10. The zero-order valence-corrected chi connectivity index (χ0v) is 8.20. The lowest BCUT2D eigenvalue weighted by Gasteiger charge is -2.02. The van der Waals surface area contributed by atoms with Crippen LogP contribution >= 0.6 is 0 Å². The van der Waals surface area contributed by atoms with Gasteiger partial charge in [-0.25, -0.2) is 9.97 Å². The molecular formula is C9H17N3. The Bertz CT molecular complexity index is 221. The van der Waals surface area contributed by atoms with Gasteiger partial charge in [0.15, 0.2) is 0 Å². The number of hydrogen-bond acceptors (Lipinski definition) is 3. The maximum Gasteiger partial charge on any atom is 0.127 e. The molecule has 1 rings (SSSR count). The Kier molecular flexibility index (Phi) is 5.00. The normalized spacial score (nSPS) is 9.08. The van der Waals surface area contributed by atoms with Gasteiger partial charge in [0.2, 0.25) is 0 Å². The van der Waals surface area contributed by atoms with Gasteiger partial charge in [0, 0.05) is 11.8 Å². The fraction of sp³-hybridized carbons (Fsp3) is 0.556. The second-order valence-corrected chi connectivity index (χ2v) is 2.52. The van der Waals surface area contributed by atoms with Crippen LogP contribution in [0.4, 0.5) is 5.82 Å². The fourth-order valence-electron chi connectivity index (χ4n) is 0.704. The summed E-state index contributed by atoms with van der Waals surface area (Å²) in [5.74, 6) is 0.962. The number of rotatable bonds is 1. The van der Waals surface area contributed by atoms with Crippen LogP contribution in [0.1, 0.15) is 39.3 Å². The summed E-state index contributed by atoms with van der Waals surface area (Å²) in [5, 5.41) is 0. The van der Waals surface area contributed by atoms with Crippen LogP contribution in [0.15, 0.2) is 12.4 Å². The summed E-state index contributed by atoms with van der Waals surface area (Å²) < 4.78 is 0. The molecule has 1 heterocycles. The molecule has 0 saturated carbocycles. The summed E-state index contributed by atoms with van der Waals surface area (Å²) in [5.41, 5.74) is 6.44. The Balaban J connectivity index is 0.000000561.